The Morgan fingerprint density at radius 3 is 2.53 bits per heavy atom. The second kappa shape index (κ2) is 4.52. The molecule has 2 N–H and O–H groups in total. The minimum atomic E-state index is 0.176. The lowest BCUT2D eigenvalue weighted by molar-refractivity contribution is -0.121. The summed E-state index contributed by atoms with van der Waals surface area (Å²) in [6.45, 7) is 2.67. The molecule has 2 aliphatic rings. The Balaban J connectivity index is 1.62. The van der Waals surface area contributed by atoms with E-state index in [0.717, 1.165) is 0 Å². The van der Waals surface area contributed by atoms with Crippen LogP contribution >= 0.6 is 0 Å². The van der Waals surface area contributed by atoms with Gasteiger partial charge in [0.05, 0.1) is 6.54 Å². The van der Waals surface area contributed by atoms with E-state index in [9.17, 15) is 4.79 Å². The van der Waals surface area contributed by atoms with Gasteiger partial charge in [-0.25, -0.2) is 0 Å². The van der Waals surface area contributed by atoms with Crippen LogP contribution in [0.4, 0.5) is 0 Å². The molecule has 2 saturated carbocycles. The highest BCUT2D eigenvalue weighted by Crippen LogP contribution is 2.33. The summed E-state index contributed by atoms with van der Waals surface area (Å²) in [7, 11) is 0. The van der Waals surface area contributed by atoms with Gasteiger partial charge in [0.1, 0.15) is 0 Å². The molecular weight excluding hydrogens is 188 g/mol. The zero-order chi connectivity index (χ0) is 10.7. The van der Waals surface area contributed by atoms with Crippen molar-refractivity contribution >= 4 is 5.91 Å². The van der Waals surface area contributed by atoms with Crippen LogP contribution in [0.3, 0.4) is 0 Å². The van der Waals surface area contributed by atoms with Gasteiger partial charge in [0.25, 0.3) is 0 Å². The molecule has 0 unspecified atom stereocenters. The van der Waals surface area contributed by atoms with E-state index in [-0.39, 0.29) is 11.4 Å². The van der Waals surface area contributed by atoms with Crippen molar-refractivity contribution in [1.29, 1.82) is 0 Å². The van der Waals surface area contributed by atoms with Crippen LogP contribution in [0.5, 0.6) is 0 Å². The van der Waals surface area contributed by atoms with Gasteiger partial charge in [0, 0.05) is 11.6 Å². The summed E-state index contributed by atoms with van der Waals surface area (Å²) in [6.07, 6.45) is 8.65. The second-order valence-electron chi connectivity index (χ2n) is 5.32. The van der Waals surface area contributed by atoms with Crippen molar-refractivity contribution < 1.29 is 4.79 Å². The molecule has 0 aromatic carbocycles. The van der Waals surface area contributed by atoms with Gasteiger partial charge in [0.15, 0.2) is 0 Å². The summed E-state index contributed by atoms with van der Waals surface area (Å²) in [5, 5.41) is 6.43. The van der Waals surface area contributed by atoms with Crippen LogP contribution in [0.25, 0.3) is 0 Å². The van der Waals surface area contributed by atoms with Crippen LogP contribution < -0.4 is 10.6 Å². The summed E-state index contributed by atoms with van der Waals surface area (Å²) in [4.78, 5) is 11.6. The molecule has 0 aliphatic heterocycles. The number of carbonyl (C=O) groups excluding carboxylic acids is 1. The van der Waals surface area contributed by atoms with Crippen molar-refractivity contribution in [2.45, 2.75) is 63.5 Å². The first kappa shape index (κ1) is 10.9. The standard InChI is InChI=1S/C12H22N2O/c1-12(7-8-12)13-9-11(15)14-10-5-3-2-4-6-10/h10,13H,2-9H2,1H3,(H,14,15). The third-order valence-electron chi connectivity index (χ3n) is 3.65. The maximum Gasteiger partial charge on any atom is 0.234 e. The zero-order valence-electron chi connectivity index (χ0n) is 9.64. The molecule has 15 heavy (non-hydrogen) atoms. The van der Waals surface area contributed by atoms with Gasteiger partial charge in [-0.15, -0.1) is 0 Å². The van der Waals surface area contributed by atoms with Crippen LogP contribution in [-0.2, 0) is 4.79 Å². The molecule has 0 heterocycles. The number of amides is 1. The lowest BCUT2D eigenvalue weighted by Gasteiger charge is -2.23. The number of rotatable bonds is 4. The van der Waals surface area contributed by atoms with Gasteiger partial charge >= 0.3 is 0 Å². The van der Waals surface area contributed by atoms with Gasteiger partial charge in [-0.3, -0.25) is 4.79 Å². The first-order chi connectivity index (χ1) is 7.18. The van der Waals surface area contributed by atoms with Gasteiger partial charge in [-0.1, -0.05) is 19.3 Å². The molecule has 3 heteroatoms. The Labute approximate surface area is 92.0 Å². The average Bonchev–Trinajstić information content (AvgIpc) is 2.96. The zero-order valence-corrected chi connectivity index (χ0v) is 9.64. The molecule has 0 spiro atoms. The van der Waals surface area contributed by atoms with E-state index < -0.39 is 0 Å². The highest BCUT2D eigenvalue weighted by atomic mass is 16.2. The van der Waals surface area contributed by atoms with Crippen molar-refractivity contribution in [1.82, 2.24) is 10.6 Å². The predicted octanol–water partition coefficient (Wildman–Crippen LogP) is 1.58. The third-order valence-corrected chi connectivity index (χ3v) is 3.65. The van der Waals surface area contributed by atoms with E-state index in [2.05, 4.69) is 17.6 Å². The molecule has 0 aromatic rings. The smallest absolute Gasteiger partial charge is 0.234 e. The summed E-state index contributed by atoms with van der Waals surface area (Å²) in [5.74, 6) is 0.176. The first-order valence-corrected chi connectivity index (χ1v) is 6.22. The summed E-state index contributed by atoms with van der Waals surface area (Å²) in [5.41, 5.74) is 0.268. The quantitative estimate of drug-likeness (QED) is 0.739. The largest absolute Gasteiger partial charge is 0.352 e. The monoisotopic (exact) mass is 210 g/mol. The Hall–Kier alpha value is -0.570. The molecule has 0 radical (unpaired) electrons. The van der Waals surface area contributed by atoms with E-state index in [1.54, 1.807) is 0 Å². The molecule has 2 fully saturated rings. The average molecular weight is 210 g/mol. The first-order valence-electron chi connectivity index (χ1n) is 6.22. The Morgan fingerprint density at radius 2 is 1.93 bits per heavy atom. The topological polar surface area (TPSA) is 41.1 Å². The van der Waals surface area contributed by atoms with Gasteiger partial charge in [-0.05, 0) is 32.6 Å². The van der Waals surface area contributed by atoms with Crippen LogP contribution in [0.15, 0.2) is 0 Å². The highest BCUT2D eigenvalue weighted by Gasteiger charge is 2.36. The van der Waals surface area contributed by atoms with Crippen LogP contribution in [0, 0.1) is 0 Å². The Bertz CT molecular complexity index is 230. The molecule has 0 aromatic heterocycles. The van der Waals surface area contributed by atoms with E-state index in [1.807, 2.05) is 0 Å². The molecule has 86 valence electrons. The third kappa shape index (κ3) is 3.49. The van der Waals surface area contributed by atoms with Crippen molar-refractivity contribution in [3.63, 3.8) is 0 Å². The molecular formula is C12H22N2O. The number of hydrogen-bond acceptors (Lipinski definition) is 2. The molecule has 1 amide bonds. The summed E-state index contributed by atoms with van der Waals surface area (Å²) < 4.78 is 0. The molecule has 0 bridgehead atoms. The minimum absolute atomic E-state index is 0.176. The normalized spacial score (nSPS) is 24.9. The lowest BCUT2D eigenvalue weighted by atomic mass is 9.95. The fourth-order valence-corrected chi connectivity index (χ4v) is 2.18. The van der Waals surface area contributed by atoms with Crippen molar-refractivity contribution in [3.8, 4) is 0 Å². The number of hydrogen-bond donors (Lipinski definition) is 2. The fraction of sp³-hybridized carbons (Fsp3) is 0.917. The van der Waals surface area contributed by atoms with Crippen molar-refractivity contribution in [3.05, 3.63) is 0 Å². The van der Waals surface area contributed by atoms with Gasteiger partial charge in [-0.2, -0.15) is 0 Å². The van der Waals surface area contributed by atoms with Crippen LogP contribution in [0.2, 0.25) is 0 Å². The van der Waals surface area contributed by atoms with E-state index in [0.29, 0.717) is 12.6 Å². The van der Waals surface area contributed by atoms with E-state index in [1.165, 1.54) is 44.9 Å². The van der Waals surface area contributed by atoms with Gasteiger partial charge in [0.2, 0.25) is 5.91 Å². The van der Waals surface area contributed by atoms with Crippen LogP contribution in [0.1, 0.15) is 51.9 Å². The molecule has 0 saturated heterocycles. The van der Waals surface area contributed by atoms with Gasteiger partial charge < -0.3 is 10.6 Å². The molecule has 2 rings (SSSR count). The summed E-state index contributed by atoms with van der Waals surface area (Å²) >= 11 is 0. The molecule has 0 atom stereocenters. The van der Waals surface area contributed by atoms with Crippen LogP contribution in [-0.4, -0.2) is 24.0 Å². The second-order valence-corrected chi connectivity index (χ2v) is 5.32. The highest BCUT2D eigenvalue weighted by molar-refractivity contribution is 5.78. The fourth-order valence-electron chi connectivity index (χ4n) is 2.18. The Kier molecular flexibility index (Phi) is 3.29. The van der Waals surface area contributed by atoms with E-state index >= 15 is 0 Å². The van der Waals surface area contributed by atoms with Crippen molar-refractivity contribution in [2.75, 3.05) is 6.54 Å². The van der Waals surface area contributed by atoms with Crippen molar-refractivity contribution in [2.24, 2.45) is 0 Å². The number of carbonyl (C=O) groups is 1. The SMILES string of the molecule is CC1(NCC(=O)NC2CCCCC2)CC1. The predicted molar refractivity (Wildman–Crippen MR) is 60.7 cm³/mol. The number of nitrogens with one attached hydrogen (secondary N) is 2. The molecule has 3 nitrogen and oxygen atoms in total. The maximum absolute atomic E-state index is 11.6. The summed E-state index contributed by atoms with van der Waals surface area (Å²) in [6, 6.07) is 0.444. The lowest BCUT2D eigenvalue weighted by Crippen LogP contribution is -2.43. The molecule has 2 aliphatic carbocycles. The van der Waals surface area contributed by atoms with E-state index in [4.69, 9.17) is 0 Å². The minimum Gasteiger partial charge on any atom is -0.352 e. The maximum atomic E-state index is 11.6. The Morgan fingerprint density at radius 1 is 1.27 bits per heavy atom.